The molecule has 4 heteroatoms. The molecule has 0 spiro atoms. The summed E-state index contributed by atoms with van der Waals surface area (Å²) in [4.78, 5) is 16.5. The van der Waals surface area contributed by atoms with E-state index in [0.717, 1.165) is 23.0 Å². The van der Waals surface area contributed by atoms with E-state index in [9.17, 15) is 4.79 Å². The average molecular weight is 362 g/mol. The number of benzene rings is 1. The maximum atomic E-state index is 12.9. The second-order valence-corrected chi connectivity index (χ2v) is 7.76. The number of amides is 1. The molecule has 2 heterocycles. The molecule has 1 atom stereocenters. The van der Waals surface area contributed by atoms with Crippen LogP contribution in [0.1, 0.15) is 39.7 Å². The summed E-state index contributed by atoms with van der Waals surface area (Å²) < 4.78 is 0.963. The van der Waals surface area contributed by atoms with Crippen LogP contribution in [0.25, 0.3) is 0 Å². The van der Waals surface area contributed by atoms with Gasteiger partial charge >= 0.3 is 0 Å². The second-order valence-electron chi connectivity index (χ2n) is 5.84. The van der Waals surface area contributed by atoms with E-state index in [0.29, 0.717) is 12.0 Å². The molecule has 21 heavy (non-hydrogen) atoms. The van der Waals surface area contributed by atoms with Crippen LogP contribution in [0.5, 0.6) is 0 Å². The molecule has 4 rings (SSSR count). The fourth-order valence-corrected chi connectivity index (χ4v) is 4.59. The standard InChI is InChI=1S/C17H16BrNOS/c18-13-3-1-2-12(10-13)17(20)19-8-6-15-14(7-9-21-15)16(19)11-4-5-11/h1-3,7,9-11,16H,4-6,8H2. The van der Waals surface area contributed by atoms with Gasteiger partial charge in [0.15, 0.2) is 0 Å². The van der Waals surface area contributed by atoms with Crippen molar-refractivity contribution in [1.29, 1.82) is 0 Å². The number of carbonyl (C=O) groups excluding carboxylic acids is 1. The molecule has 0 N–H and O–H groups in total. The highest BCUT2D eigenvalue weighted by atomic mass is 79.9. The molecule has 2 aliphatic rings. The summed E-state index contributed by atoms with van der Waals surface area (Å²) in [7, 11) is 0. The lowest BCUT2D eigenvalue weighted by Gasteiger charge is -2.36. The third kappa shape index (κ3) is 2.44. The van der Waals surface area contributed by atoms with Crippen LogP contribution in [-0.4, -0.2) is 17.4 Å². The Morgan fingerprint density at radius 3 is 2.90 bits per heavy atom. The van der Waals surface area contributed by atoms with Gasteiger partial charge in [-0.2, -0.15) is 0 Å². The first-order valence-electron chi connectivity index (χ1n) is 7.37. The van der Waals surface area contributed by atoms with Gasteiger partial charge in [-0.15, -0.1) is 11.3 Å². The minimum atomic E-state index is 0.171. The van der Waals surface area contributed by atoms with Crippen molar-refractivity contribution < 1.29 is 4.79 Å². The molecule has 2 nitrogen and oxygen atoms in total. The predicted octanol–water partition coefficient (Wildman–Crippen LogP) is 4.66. The Morgan fingerprint density at radius 2 is 2.14 bits per heavy atom. The Kier molecular flexibility index (Phi) is 3.38. The van der Waals surface area contributed by atoms with Crippen LogP contribution in [0.2, 0.25) is 0 Å². The summed E-state index contributed by atoms with van der Waals surface area (Å²) in [5, 5.41) is 2.17. The molecule has 0 saturated heterocycles. The van der Waals surface area contributed by atoms with E-state index in [1.807, 2.05) is 35.6 Å². The smallest absolute Gasteiger partial charge is 0.254 e. The summed E-state index contributed by atoms with van der Waals surface area (Å²) >= 11 is 5.30. The Bertz CT molecular complexity index is 692. The molecular weight excluding hydrogens is 346 g/mol. The number of halogens is 1. The molecule has 1 unspecified atom stereocenters. The van der Waals surface area contributed by atoms with Crippen molar-refractivity contribution in [1.82, 2.24) is 4.90 Å². The summed E-state index contributed by atoms with van der Waals surface area (Å²) in [6.45, 7) is 0.847. The van der Waals surface area contributed by atoms with Crippen molar-refractivity contribution in [2.45, 2.75) is 25.3 Å². The topological polar surface area (TPSA) is 20.3 Å². The average Bonchev–Trinajstić information content (AvgIpc) is 3.22. The molecule has 1 amide bonds. The Morgan fingerprint density at radius 1 is 1.29 bits per heavy atom. The molecule has 1 aromatic heterocycles. The number of fused-ring (bicyclic) bond motifs is 1. The molecule has 0 radical (unpaired) electrons. The van der Waals surface area contributed by atoms with Crippen molar-refractivity contribution in [3.8, 4) is 0 Å². The first-order valence-corrected chi connectivity index (χ1v) is 9.04. The predicted molar refractivity (Wildman–Crippen MR) is 88.7 cm³/mol. The Balaban J connectivity index is 1.69. The summed E-state index contributed by atoms with van der Waals surface area (Å²) in [6.07, 6.45) is 3.50. The van der Waals surface area contributed by atoms with E-state index in [1.165, 1.54) is 23.3 Å². The van der Waals surface area contributed by atoms with E-state index >= 15 is 0 Å². The highest BCUT2D eigenvalue weighted by molar-refractivity contribution is 9.10. The van der Waals surface area contributed by atoms with E-state index in [4.69, 9.17) is 0 Å². The Labute approximate surface area is 136 Å². The van der Waals surface area contributed by atoms with Crippen molar-refractivity contribution in [2.75, 3.05) is 6.54 Å². The molecule has 1 fully saturated rings. The minimum absolute atomic E-state index is 0.171. The monoisotopic (exact) mass is 361 g/mol. The van der Waals surface area contributed by atoms with Gasteiger partial charge in [-0.3, -0.25) is 4.79 Å². The maximum absolute atomic E-state index is 12.9. The lowest BCUT2D eigenvalue weighted by Crippen LogP contribution is -2.40. The van der Waals surface area contributed by atoms with Crippen LogP contribution in [-0.2, 0) is 6.42 Å². The second kappa shape index (κ2) is 5.25. The van der Waals surface area contributed by atoms with Gasteiger partial charge in [0.05, 0.1) is 6.04 Å². The SMILES string of the molecule is O=C(c1cccc(Br)c1)N1CCc2sccc2C1C1CC1. The first-order chi connectivity index (χ1) is 10.2. The van der Waals surface area contributed by atoms with E-state index in [1.54, 1.807) is 0 Å². The van der Waals surface area contributed by atoms with Gasteiger partial charge in [0.2, 0.25) is 0 Å². The largest absolute Gasteiger partial charge is 0.331 e. The molecule has 1 saturated carbocycles. The van der Waals surface area contributed by atoms with Gasteiger partial charge in [-0.25, -0.2) is 0 Å². The van der Waals surface area contributed by atoms with E-state index in [2.05, 4.69) is 32.3 Å². The third-order valence-corrected chi connectivity index (χ3v) is 5.90. The van der Waals surface area contributed by atoms with Crippen LogP contribution in [0.4, 0.5) is 0 Å². The quantitative estimate of drug-likeness (QED) is 0.761. The number of thiophene rings is 1. The van der Waals surface area contributed by atoms with Crippen molar-refractivity contribution in [3.63, 3.8) is 0 Å². The molecule has 1 aliphatic heterocycles. The summed E-state index contributed by atoms with van der Waals surface area (Å²) in [5.74, 6) is 0.833. The fraction of sp³-hybridized carbons (Fsp3) is 0.353. The summed E-state index contributed by atoms with van der Waals surface area (Å²) in [6, 6.07) is 10.3. The Hall–Kier alpha value is -1.13. The van der Waals surface area contributed by atoms with Gasteiger partial charge in [0, 0.05) is 21.5 Å². The summed E-state index contributed by atoms with van der Waals surface area (Å²) in [5.41, 5.74) is 2.19. The lowest BCUT2D eigenvalue weighted by molar-refractivity contribution is 0.0637. The fourth-order valence-electron chi connectivity index (χ4n) is 3.28. The number of rotatable bonds is 2. The van der Waals surface area contributed by atoms with Crippen LogP contribution in [0, 0.1) is 5.92 Å². The van der Waals surface area contributed by atoms with Crippen LogP contribution in [0.15, 0.2) is 40.2 Å². The zero-order valence-electron chi connectivity index (χ0n) is 11.6. The molecule has 1 aromatic carbocycles. The van der Waals surface area contributed by atoms with Gasteiger partial charge in [-0.05, 0) is 60.4 Å². The normalized spacial score (nSPS) is 21.2. The van der Waals surface area contributed by atoms with E-state index < -0.39 is 0 Å². The minimum Gasteiger partial charge on any atom is -0.331 e. The molecule has 108 valence electrons. The number of hydrogen-bond donors (Lipinski definition) is 0. The lowest BCUT2D eigenvalue weighted by atomic mass is 9.95. The van der Waals surface area contributed by atoms with Gasteiger partial charge in [0.1, 0.15) is 0 Å². The number of nitrogens with zero attached hydrogens (tertiary/aromatic N) is 1. The van der Waals surface area contributed by atoms with Crippen LogP contribution >= 0.6 is 27.3 Å². The van der Waals surface area contributed by atoms with E-state index in [-0.39, 0.29) is 5.91 Å². The highest BCUT2D eigenvalue weighted by Gasteiger charge is 2.41. The molecule has 1 aliphatic carbocycles. The maximum Gasteiger partial charge on any atom is 0.254 e. The molecular formula is C17H16BrNOS. The molecule has 0 bridgehead atoms. The highest BCUT2D eigenvalue weighted by Crippen LogP contribution is 2.48. The van der Waals surface area contributed by atoms with Gasteiger partial charge in [0.25, 0.3) is 5.91 Å². The van der Waals surface area contributed by atoms with Crippen LogP contribution < -0.4 is 0 Å². The third-order valence-electron chi connectivity index (χ3n) is 4.42. The van der Waals surface area contributed by atoms with Gasteiger partial charge < -0.3 is 4.90 Å². The van der Waals surface area contributed by atoms with Crippen molar-refractivity contribution >= 4 is 33.2 Å². The molecule has 2 aromatic rings. The van der Waals surface area contributed by atoms with Crippen molar-refractivity contribution in [2.24, 2.45) is 5.92 Å². The zero-order chi connectivity index (χ0) is 14.4. The first kappa shape index (κ1) is 13.5. The van der Waals surface area contributed by atoms with Crippen LogP contribution in [0.3, 0.4) is 0 Å². The number of carbonyl (C=O) groups is 1. The van der Waals surface area contributed by atoms with Gasteiger partial charge in [-0.1, -0.05) is 22.0 Å². The zero-order valence-corrected chi connectivity index (χ0v) is 14.0. The van der Waals surface area contributed by atoms with Crippen molar-refractivity contribution in [3.05, 3.63) is 56.2 Å². The number of hydrogen-bond acceptors (Lipinski definition) is 2.